The highest BCUT2D eigenvalue weighted by Gasteiger charge is 2.49. The van der Waals surface area contributed by atoms with Crippen molar-refractivity contribution in [3.63, 3.8) is 0 Å². The van der Waals surface area contributed by atoms with Crippen molar-refractivity contribution in [3.8, 4) is 0 Å². The molecule has 2 atom stereocenters. The second kappa shape index (κ2) is 1.80. The molecule has 0 spiro atoms. The van der Waals surface area contributed by atoms with E-state index in [1.807, 2.05) is 0 Å². The zero-order chi connectivity index (χ0) is 7.47. The second-order valence-corrected chi connectivity index (χ2v) is 4.72. The van der Waals surface area contributed by atoms with Crippen LogP contribution in [0.25, 0.3) is 0 Å². The van der Waals surface area contributed by atoms with Crippen LogP contribution in [0, 0.1) is 11.8 Å². The molecule has 2 aliphatic carbocycles. The Balaban J connectivity index is 1.94. The Hall–Kier alpha value is -0.0800. The van der Waals surface area contributed by atoms with Crippen molar-refractivity contribution in [1.82, 2.24) is 5.32 Å². The zero-order valence-electron chi connectivity index (χ0n) is 6.71. The Kier molecular flexibility index (Phi) is 1.06. The van der Waals surface area contributed by atoms with Crippen LogP contribution in [-0.2, 0) is 0 Å². The van der Waals surface area contributed by atoms with E-state index in [4.69, 9.17) is 0 Å². The third-order valence-electron chi connectivity index (χ3n) is 3.63. The minimum atomic E-state index is -0.450. The van der Waals surface area contributed by atoms with E-state index in [0.29, 0.717) is 6.04 Å². The molecule has 2 heterocycles. The number of aliphatic hydroxyl groups is 1. The van der Waals surface area contributed by atoms with Gasteiger partial charge in [-0.15, -0.1) is 0 Å². The molecule has 0 unspecified atom stereocenters. The third-order valence-corrected chi connectivity index (χ3v) is 3.63. The van der Waals surface area contributed by atoms with Gasteiger partial charge in [0.25, 0.3) is 0 Å². The van der Waals surface area contributed by atoms with Gasteiger partial charge in [-0.25, -0.2) is 0 Å². The summed E-state index contributed by atoms with van der Waals surface area (Å²) < 4.78 is 0. The monoisotopic (exact) mass is 153 g/mol. The predicted octanol–water partition coefficient (Wildman–Crippen LogP) is 0.857. The van der Waals surface area contributed by atoms with Gasteiger partial charge in [-0.1, -0.05) is 0 Å². The number of hydrogen-bond acceptors (Lipinski definition) is 2. The first kappa shape index (κ1) is 6.44. The Morgan fingerprint density at radius 1 is 1.09 bits per heavy atom. The summed E-state index contributed by atoms with van der Waals surface area (Å²) in [7, 11) is 0. The number of piperidine rings is 2. The lowest BCUT2D eigenvalue weighted by Gasteiger charge is -2.54. The van der Waals surface area contributed by atoms with Crippen LogP contribution < -0.4 is 5.32 Å². The Morgan fingerprint density at radius 3 is 2.18 bits per heavy atom. The Bertz CT molecular complexity index is 155. The van der Waals surface area contributed by atoms with Gasteiger partial charge in [0.15, 0.2) is 0 Å². The van der Waals surface area contributed by atoms with Gasteiger partial charge >= 0.3 is 0 Å². The average Bonchev–Trinajstić information content (AvgIpc) is 1.79. The molecule has 4 aliphatic rings. The van der Waals surface area contributed by atoms with E-state index in [9.17, 15) is 5.11 Å². The summed E-state index contributed by atoms with van der Waals surface area (Å²) in [5, 5.41) is 13.3. The fraction of sp³-hybridized carbons (Fsp3) is 1.00. The fourth-order valence-electron chi connectivity index (χ4n) is 3.55. The maximum atomic E-state index is 9.99. The van der Waals surface area contributed by atoms with Crippen molar-refractivity contribution in [2.75, 3.05) is 0 Å². The predicted molar refractivity (Wildman–Crippen MR) is 41.9 cm³/mol. The van der Waals surface area contributed by atoms with Crippen molar-refractivity contribution >= 4 is 0 Å². The molecule has 62 valence electrons. The average molecular weight is 153 g/mol. The van der Waals surface area contributed by atoms with Gasteiger partial charge in [0.05, 0.1) is 0 Å². The Morgan fingerprint density at radius 2 is 1.73 bits per heavy atom. The van der Waals surface area contributed by atoms with Crippen LogP contribution in [0.15, 0.2) is 0 Å². The van der Waals surface area contributed by atoms with Crippen molar-refractivity contribution in [3.05, 3.63) is 0 Å². The maximum absolute atomic E-state index is 9.99. The quantitative estimate of drug-likeness (QED) is 0.541. The molecule has 2 N–H and O–H groups in total. The van der Waals surface area contributed by atoms with Gasteiger partial charge in [-0.3, -0.25) is 5.32 Å². The molecule has 0 aromatic heterocycles. The molecule has 2 nitrogen and oxygen atoms in total. The van der Waals surface area contributed by atoms with E-state index in [2.05, 4.69) is 5.32 Å². The minimum absolute atomic E-state index is 0.450. The third kappa shape index (κ3) is 0.859. The van der Waals surface area contributed by atoms with Crippen LogP contribution in [0.1, 0.15) is 32.1 Å². The fourth-order valence-corrected chi connectivity index (χ4v) is 3.55. The van der Waals surface area contributed by atoms with Crippen molar-refractivity contribution in [2.24, 2.45) is 11.8 Å². The molecule has 11 heavy (non-hydrogen) atoms. The van der Waals surface area contributed by atoms with Crippen molar-refractivity contribution < 1.29 is 5.11 Å². The summed E-state index contributed by atoms with van der Waals surface area (Å²) in [5.41, 5.74) is -0.450. The second-order valence-electron chi connectivity index (χ2n) is 4.72. The lowest BCUT2D eigenvalue weighted by atomic mass is 9.63. The van der Waals surface area contributed by atoms with Crippen LogP contribution in [0.4, 0.5) is 0 Å². The molecule has 2 heteroatoms. The van der Waals surface area contributed by atoms with E-state index in [-0.39, 0.29) is 0 Å². The molecular weight excluding hydrogens is 138 g/mol. The summed E-state index contributed by atoms with van der Waals surface area (Å²) in [6.07, 6.45) is 6.05. The lowest BCUT2D eigenvalue weighted by molar-refractivity contribution is -0.133. The highest BCUT2D eigenvalue weighted by Crippen LogP contribution is 2.48. The SMILES string of the molecule is OC12C[C@@H]3CC(C[C@H](C3)C1)N2. The molecule has 2 saturated heterocycles. The lowest BCUT2D eigenvalue weighted by Crippen LogP contribution is -2.64. The van der Waals surface area contributed by atoms with Crippen molar-refractivity contribution in [1.29, 1.82) is 0 Å². The van der Waals surface area contributed by atoms with Crippen LogP contribution >= 0.6 is 0 Å². The minimum Gasteiger partial charge on any atom is -0.376 e. The number of rotatable bonds is 0. The molecule has 0 aromatic carbocycles. The highest BCUT2D eigenvalue weighted by atomic mass is 16.3. The van der Waals surface area contributed by atoms with Gasteiger partial charge in [0.1, 0.15) is 5.72 Å². The maximum Gasteiger partial charge on any atom is 0.116 e. The van der Waals surface area contributed by atoms with Crippen LogP contribution in [0.2, 0.25) is 0 Å². The summed E-state index contributed by atoms with van der Waals surface area (Å²) in [5.74, 6) is 1.66. The smallest absolute Gasteiger partial charge is 0.116 e. The van der Waals surface area contributed by atoms with Gasteiger partial charge in [-0.05, 0) is 43.9 Å². The molecule has 0 radical (unpaired) electrons. The molecule has 4 fully saturated rings. The molecule has 4 bridgehead atoms. The molecule has 2 aliphatic heterocycles. The summed E-state index contributed by atoms with van der Waals surface area (Å²) in [6, 6.07) is 0.645. The molecule has 2 saturated carbocycles. The normalized spacial score (nSPS) is 60.3. The van der Waals surface area contributed by atoms with Crippen LogP contribution in [-0.4, -0.2) is 16.9 Å². The topological polar surface area (TPSA) is 32.3 Å². The molecular formula is C9H15NO. The van der Waals surface area contributed by atoms with Crippen LogP contribution in [0.3, 0.4) is 0 Å². The molecule has 4 rings (SSSR count). The summed E-state index contributed by atoms with van der Waals surface area (Å²) >= 11 is 0. The summed E-state index contributed by atoms with van der Waals surface area (Å²) in [6.45, 7) is 0. The van der Waals surface area contributed by atoms with Gasteiger partial charge in [0.2, 0.25) is 0 Å². The highest BCUT2D eigenvalue weighted by molar-refractivity contribution is 5.02. The van der Waals surface area contributed by atoms with Crippen LogP contribution in [0.5, 0.6) is 0 Å². The molecule has 0 amide bonds. The Labute approximate surface area is 67.0 Å². The zero-order valence-corrected chi connectivity index (χ0v) is 6.71. The van der Waals surface area contributed by atoms with Gasteiger partial charge in [-0.2, -0.15) is 0 Å². The van der Waals surface area contributed by atoms with Crippen molar-refractivity contribution in [2.45, 2.75) is 43.9 Å². The standard InChI is InChI=1S/C9H15NO/c11-9-4-6-1-7(5-9)3-8(2-6)10-9/h6-8,10-11H,1-5H2/t6-,7-,8?,9?/m0/s1. The van der Waals surface area contributed by atoms with E-state index in [1.54, 1.807) is 0 Å². The van der Waals surface area contributed by atoms with E-state index >= 15 is 0 Å². The van der Waals surface area contributed by atoms with Gasteiger partial charge < -0.3 is 5.11 Å². The number of hydrogen-bond donors (Lipinski definition) is 2. The first-order chi connectivity index (χ1) is 5.23. The first-order valence-electron chi connectivity index (χ1n) is 4.74. The van der Waals surface area contributed by atoms with E-state index in [0.717, 1.165) is 24.7 Å². The summed E-state index contributed by atoms with van der Waals surface area (Å²) in [4.78, 5) is 0. The van der Waals surface area contributed by atoms with E-state index in [1.165, 1.54) is 19.3 Å². The largest absolute Gasteiger partial charge is 0.376 e. The number of nitrogens with one attached hydrogen (secondary N) is 1. The first-order valence-corrected chi connectivity index (χ1v) is 4.74. The molecule has 0 aromatic rings. The van der Waals surface area contributed by atoms with Gasteiger partial charge in [0, 0.05) is 6.04 Å². The van der Waals surface area contributed by atoms with E-state index < -0.39 is 5.72 Å².